The Bertz CT molecular complexity index is 402. The van der Waals surface area contributed by atoms with Gasteiger partial charge in [-0.25, -0.2) is 4.98 Å². The van der Waals surface area contributed by atoms with E-state index in [2.05, 4.69) is 15.2 Å². The van der Waals surface area contributed by atoms with Crippen LogP contribution in [0.2, 0.25) is 0 Å². The summed E-state index contributed by atoms with van der Waals surface area (Å²) in [5.74, 6) is 0.768. The lowest BCUT2D eigenvalue weighted by molar-refractivity contribution is 0.415. The van der Waals surface area contributed by atoms with E-state index in [1.807, 2.05) is 12.1 Å². The van der Waals surface area contributed by atoms with Crippen molar-refractivity contribution in [1.29, 1.82) is 0 Å². The summed E-state index contributed by atoms with van der Waals surface area (Å²) in [6.07, 6.45) is 1.43. The van der Waals surface area contributed by atoms with Crippen LogP contribution in [0, 0.1) is 0 Å². The number of rotatable bonds is 1. The fourth-order valence-electron chi connectivity index (χ4n) is 0.996. The van der Waals surface area contributed by atoms with Gasteiger partial charge in [0.1, 0.15) is 17.6 Å². The molecule has 0 atom stereocenters. The molecule has 4 nitrogen and oxygen atoms in total. The lowest BCUT2D eigenvalue weighted by atomic mass is 10.3. The molecule has 0 bridgehead atoms. The van der Waals surface area contributed by atoms with Gasteiger partial charge in [-0.05, 0) is 12.1 Å². The molecule has 2 rings (SSSR count). The lowest BCUT2D eigenvalue weighted by Gasteiger charge is -1.98. The normalized spacial score (nSPS) is 10.1. The predicted octanol–water partition coefficient (Wildman–Crippen LogP) is 1.03. The van der Waals surface area contributed by atoms with Crippen molar-refractivity contribution < 1.29 is 4.74 Å². The highest BCUT2D eigenvalue weighted by Crippen LogP contribution is 2.15. The average molecular weight is 161 g/mol. The SMILES string of the molecule is COc1ccc2ncnnc2c1. The van der Waals surface area contributed by atoms with E-state index in [0.29, 0.717) is 0 Å². The van der Waals surface area contributed by atoms with Gasteiger partial charge in [-0.1, -0.05) is 0 Å². The topological polar surface area (TPSA) is 47.9 Å². The summed E-state index contributed by atoms with van der Waals surface area (Å²) in [5, 5.41) is 7.57. The highest BCUT2D eigenvalue weighted by atomic mass is 16.5. The van der Waals surface area contributed by atoms with E-state index in [0.717, 1.165) is 16.8 Å². The second-order valence-electron chi connectivity index (χ2n) is 2.31. The largest absolute Gasteiger partial charge is 0.497 e. The summed E-state index contributed by atoms with van der Waals surface area (Å²) < 4.78 is 5.03. The number of nitrogens with zero attached hydrogens (tertiary/aromatic N) is 3. The minimum Gasteiger partial charge on any atom is -0.497 e. The Morgan fingerprint density at radius 1 is 1.25 bits per heavy atom. The summed E-state index contributed by atoms with van der Waals surface area (Å²) in [6, 6.07) is 5.50. The smallest absolute Gasteiger partial charge is 0.138 e. The molecule has 0 radical (unpaired) electrons. The molecule has 0 fully saturated rings. The Balaban J connectivity index is 2.67. The first kappa shape index (κ1) is 6.97. The van der Waals surface area contributed by atoms with E-state index in [4.69, 9.17) is 4.74 Å². The third kappa shape index (κ3) is 1.07. The summed E-state index contributed by atoms with van der Waals surface area (Å²) in [4.78, 5) is 4.03. The van der Waals surface area contributed by atoms with Gasteiger partial charge in [0, 0.05) is 6.07 Å². The zero-order chi connectivity index (χ0) is 8.39. The van der Waals surface area contributed by atoms with Crippen LogP contribution in [0.4, 0.5) is 0 Å². The maximum absolute atomic E-state index is 5.03. The number of benzene rings is 1. The van der Waals surface area contributed by atoms with Crippen molar-refractivity contribution in [2.45, 2.75) is 0 Å². The van der Waals surface area contributed by atoms with E-state index >= 15 is 0 Å². The molecule has 0 aliphatic rings. The summed E-state index contributed by atoms with van der Waals surface area (Å²) in [7, 11) is 1.62. The van der Waals surface area contributed by atoms with Crippen molar-refractivity contribution in [3.63, 3.8) is 0 Å². The molecular weight excluding hydrogens is 154 g/mol. The fraction of sp³-hybridized carbons (Fsp3) is 0.125. The van der Waals surface area contributed by atoms with Gasteiger partial charge in [0.15, 0.2) is 0 Å². The van der Waals surface area contributed by atoms with Crippen LogP contribution in [0.5, 0.6) is 5.75 Å². The standard InChI is InChI=1S/C8H7N3O/c1-12-6-2-3-7-8(4-6)11-10-5-9-7/h2-5H,1H3. The molecule has 1 aromatic carbocycles. The van der Waals surface area contributed by atoms with E-state index in [1.165, 1.54) is 6.33 Å². The summed E-state index contributed by atoms with van der Waals surface area (Å²) in [5.41, 5.74) is 1.57. The molecule has 60 valence electrons. The van der Waals surface area contributed by atoms with Crippen molar-refractivity contribution in [3.8, 4) is 5.75 Å². The Morgan fingerprint density at radius 3 is 3.00 bits per heavy atom. The Labute approximate surface area is 69.2 Å². The van der Waals surface area contributed by atoms with Crippen LogP contribution in [-0.4, -0.2) is 22.3 Å². The molecule has 0 saturated heterocycles. The molecule has 0 unspecified atom stereocenters. The summed E-state index contributed by atoms with van der Waals surface area (Å²) in [6.45, 7) is 0. The zero-order valence-electron chi connectivity index (χ0n) is 6.56. The molecule has 0 amide bonds. The third-order valence-electron chi connectivity index (χ3n) is 1.60. The van der Waals surface area contributed by atoms with Gasteiger partial charge >= 0.3 is 0 Å². The average Bonchev–Trinajstić information content (AvgIpc) is 2.17. The first-order valence-corrected chi connectivity index (χ1v) is 3.51. The minimum absolute atomic E-state index is 0.747. The molecule has 12 heavy (non-hydrogen) atoms. The van der Waals surface area contributed by atoms with Crippen molar-refractivity contribution >= 4 is 11.0 Å². The fourth-order valence-corrected chi connectivity index (χ4v) is 0.996. The van der Waals surface area contributed by atoms with E-state index in [9.17, 15) is 0 Å². The van der Waals surface area contributed by atoms with Crippen LogP contribution >= 0.6 is 0 Å². The predicted molar refractivity (Wildman–Crippen MR) is 43.9 cm³/mol. The van der Waals surface area contributed by atoms with Crippen LogP contribution in [0.1, 0.15) is 0 Å². The number of hydrogen-bond acceptors (Lipinski definition) is 4. The summed E-state index contributed by atoms with van der Waals surface area (Å²) >= 11 is 0. The lowest BCUT2D eigenvalue weighted by Crippen LogP contribution is -1.88. The van der Waals surface area contributed by atoms with Crippen LogP contribution < -0.4 is 4.74 Å². The molecule has 2 aromatic rings. The second kappa shape index (κ2) is 2.73. The Hall–Kier alpha value is -1.71. The minimum atomic E-state index is 0.747. The van der Waals surface area contributed by atoms with Crippen LogP contribution in [0.25, 0.3) is 11.0 Å². The number of aromatic nitrogens is 3. The van der Waals surface area contributed by atoms with Gasteiger partial charge in [-0.3, -0.25) is 0 Å². The molecule has 1 heterocycles. The molecule has 0 aliphatic heterocycles. The van der Waals surface area contributed by atoms with Crippen molar-refractivity contribution in [1.82, 2.24) is 15.2 Å². The maximum atomic E-state index is 5.03. The van der Waals surface area contributed by atoms with E-state index in [-0.39, 0.29) is 0 Å². The third-order valence-corrected chi connectivity index (χ3v) is 1.60. The number of fused-ring (bicyclic) bond motifs is 1. The zero-order valence-corrected chi connectivity index (χ0v) is 6.56. The number of ether oxygens (including phenoxy) is 1. The molecule has 4 heteroatoms. The Morgan fingerprint density at radius 2 is 2.17 bits per heavy atom. The first-order chi connectivity index (χ1) is 5.90. The van der Waals surface area contributed by atoms with E-state index < -0.39 is 0 Å². The highest BCUT2D eigenvalue weighted by molar-refractivity contribution is 5.74. The van der Waals surface area contributed by atoms with Gasteiger partial charge in [-0.2, -0.15) is 0 Å². The van der Waals surface area contributed by atoms with Crippen LogP contribution in [-0.2, 0) is 0 Å². The molecule has 0 saturated carbocycles. The molecule has 0 spiro atoms. The van der Waals surface area contributed by atoms with Gasteiger partial charge in [0.05, 0.1) is 12.6 Å². The van der Waals surface area contributed by atoms with Crippen molar-refractivity contribution in [3.05, 3.63) is 24.5 Å². The highest BCUT2D eigenvalue weighted by Gasteiger charge is 1.96. The Kier molecular flexibility index (Phi) is 1.59. The van der Waals surface area contributed by atoms with Gasteiger partial charge in [0.25, 0.3) is 0 Å². The van der Waals surface area contributed by atoms with Gasteiger partial charge in [-0.15, -0.1) is 10.2 Å². The van der Waals surface area contributed by atoms with Gasteiger partial charge in [0.2, 0.25) is 0 Å². The molecule has 0 aliphatic carbocycles. The molecule has 0 N–H and O–H groups in total. The number of methoxy groups -OCH3 is 1. The molecule has 1 aromatic heterocycles. The number of hydrogen-bond donors (Lipinski definition) is 0. The van der Waals surface area contributed by atoms with Crippen LogP contribution in [0.15, 0.2) is 24.5 Å². The maximum Gasteiger partial charge on any atom is 0.138 e. The van der Waals surface area contributed by atoms with Crippen molar-refractivity contribution in [2.75, 3.05) is 7.11 Å². The van der Waals surface area contributed by atoms with Crippen LogP contribution in [0.3, 0.4) is 0 Å². The van der Waals surface area contributed by atoms with Crippen molar-refractivity contribution in [2.24, 2.45) is 0 Å². The molecular formula is C8H7N3O. The first-order valence-electron chi connectivity index (χ1n) is 3.51. The second-order valence-corrected chi connectivity index (χ2v) is 2.31. The van der Waals surface area contributed by atoms with E-state index in [1.54, 1.807) is 13.2 Å². The monoisotopic (exact) mass is 161 g/mol. The quantitative estimate of drug-likeness (QED) is 0.626. The van der Waals surface area contributed by atoms with Gasteiger partial charge < -0.3 is 4.74 Å².